The Labute approximate surface area is 166 Å². The van der Waals surface area contributed by atoms with Gasteiger partial charge in [0.05, 0.1) is 11.4 Å². The Morgan fingerprint density at radius 3 is 2.48 bits per heavy atom. The number of para-hydroxylation sites is 1. The third-order valence-corrected chi connectivity index (χ3v) is 6.18. The summed E-state index contributed by atoms with van der Waals surface area (Å²) in [5.41, 5.74) is 6.80. The molecule has 0 bridgehead atoms. The molecule has 2 aromatic carbocycles. The van der Waals surface area contributed by atoms with E-state index in [0.717, 1.165) is 44.0 Å². The summed E-state index contributed by atoms with van der Waals surface area (Å²) >= 11 is 3.27. The maximum absolute atomic E-state index is 4.77. The third kappa shape index (κ3) is 3.79. The van der Waals surface area contributed by atoms with Crippen LogP contribution in [-0.4, -0.2) is 25.2 Å². The largest absolute Gasteiger partial charge is 0.240 e. The van der Waals surface area contributed by atoms with E-state index in [1.807, 2.05) is 10.7 Å². The SMILES string of the molecule is Cc1ccc(-c2nc(CSc3nnnn3-c3c(C)cccc3C)cs2)cc1. The average Bonchev–Trinajstić information content (AvgIpc) is 3.30. The summed E-state index contributed by atoms with van der Waals surface area (Å²) in [5.74, 6) is 0.730. The van der Waals surface area contributed by atoms with Gasteiger partial charge in [0.2, 0.25) is 5.16 Å². The Bertz CT molecular complexity index is 1050. The third-order valence-electron chi connectivity index (χ3n) is 4.29. The zero-order valence-corrected chi connectivity index (χ0v) is 17.0. The van der Waals surface area contributed by atoms with Crippen molar-refractivity contribution in [2.75, 3.05) is 0 Å². The van der Waals surface area contributed by atoms with Crippen molar-refractivity contribution in [2.24, 2.45) is 0 Å². The lowest BCUT2D eigenvalue weighted by molar-refractivity contribution is 0.747. The van der Waals surface area contributed by atoms with E-state index in [9.17, 15) is 0 Å². The van der Waals surface area contributed by atoms with Gasteiger partial charge in [-0.2, -0.15) is 4.68 Å². The van der Waals surface area contributed by atoms with Crippen LogP contribution in [0.15, 0.2) is 53.0 Å². The van der Waals surface area contributed by atoms with Crippen molar-refractivity contribution in [3.05, 3.63) is 70.2 Å². The molecule has 0 radical (unpaired) electrons. The number of nitrogens with zero attached hydrogens (tertiary/aromatic N) is 5. The summed E-state index contributed by atoms with van der Waals surface area (Å²) in [7, 11) is 0. The summed E-state index contributed by atoms with van der Waals surface area (Å²) < 4.78 is 1.82. The topological polar surface area (TPSA) is 56.5 Å². The van der Waals surface area contributed by atoms with E-state index in [1.54, 1.807) is 23.1 Å². The van der Waals surface area contributed by atoms with Crippen molar-refractivity contribution in [1.82, 2.24) is 25.2 Å². The minimum Gasteiger partial charge on any atom is -0.240 e. The molecule has 0 aliphatic heterocycles. The van der Waals surface area contributed by atoms with Gasteiger partial charge >= 0.3 is 0 Å². The Kier molecular flexibility index (Phi) is 5.05. The molecule has 136 valence electrons. The van der Waals surface area contributed by atoms with Gasteiger partial charge in [0, 0.05) is 16.7 Å². The van der Waals surface area contributed by atoms with E-state index >= 15 is 0 Å². The summed E-state index contributed by atoms with van der Waals surface area (Å²) in [6.07, 6.45) is 0. The second-order valence-electron chi connectivity index (χ2n) is 6.41. The van der Waals surface area contributed by atoms with Crippen molar-refractivity contribution in [1.29, 1.82) is 0 Å². The summed E-state index contributed by atoms with van der Waals surface area (Å²) in [4.78, 5) is 4.77. The van der Waals surface area contributed by atoms with Crippen LogP contribution in [-0.2, 0) is 5.75 Å². The molecule has 0 saturated carbocycles. The first-order valence-corrected chi connectivity index (χ1v) is 10.5. The average molecular weight is 394 g/mol. The van der Waals surface area contributed by atoms with Gasteiger partial charge in [0.15, 0.2) is 0 Å². The van der Waals surface area contributed by atoms with E-state index in [4.69, 9.17) is 4.98 Å². The molecular formula is C20H19N5S2. The van der Waals surface area contributed by atoms with Crippen molar-refractivity contribution in [3.63, 3.8) is 0 Å². The van der Waals surface area contributed by atoms with E-state index in [2.05, 4.69) is 78.1 Å². The van der Waals surface area contributed by atoms with Crippen LogP contribution in [0.2, 0.25) is 0 Å². The molecule has 0 N–H and O–H groups in total. The number of aryl methyl sites for hydroxylation is 3. The van der Waals surface area contributed by atoms with Crippen LogP contribution in [0.4, 0.5) is 0 Å². The molecule has 0 spiro atoms. The monoisotopic (exact) mass is 393 g/mol. The summed E-state index contributed by atoms with van der Waals surface area (Å²) in [6.45, 7) is 6.24. The fourth-order valence-electron chi connectivity index (χ4n) is 2.89. The van der Waals surface area contributed by atoms with Crippen molar-refractivity contribution >= 4 is 23.1 Å². The minimum absolute atomic E-state index is 0.730. The predicted octanol–water partition coefficient (Wildman–Crippen LogP) is 5.00. The molecule has 0 amide bonds. The van der Waals surface area contributed by atoms with Crippen LogP contribution in [0, 0.1) is 20.8 Å². The summed E-state index contributed by atoms with van der Waals surface area (Å²) in [6, 6.07) is 14.7. The van der Waals surface area contributed by atoms with E-state index in [-0.39, 0.29) is 0 Å². The highest BCUT2D eigenvalue weighted by atomic mass is 32.2. The maximum Gasteiger partial charge on any atom is 0.214 e. The molecule has 27 heavy (non-hydrogen) atoms. The zero-order chi connectivity index (χ0) is 18.8. The van der Waals surface area contributed by atoms with Crippen LogP contribution in [0.5, 0.6) is 0 Å². The Morgan fingerprint density at radius 1 is 1.00 bits per heavy atom. The van der Waals surface area contributed by atoms with E-state index < -0.39 is 0 Å². The summed E-state index contributed by atoms with van der Waals surface area (Å²) in [5, 5.41) is 16.2. The van der Waals surface area contributed by atoms with Gasteiger partial charge in [-0.15, -0.1) is 16.4 Å². The quantitative estimate of drug-likeness (QED) is 0.446. The Balaban J connectivity index is 1.52. The van der Waals surface area contributed by atoms with Crippen molar-refractivity contribution in [2.45, 2.75) is 31.7 Å². The lowest BCUT2D eigenvalue weighted by atomic mass is 10.1. The number of rotatable bonds is 5. The molecular weight excluding hydrogens is 374 g/mol. The van der Waals surface area contributed by atoms with Crippen LogP contribution in [0.1, 0.15) is 22.4 Å². The number of thiazole rings is 1. The maximum atomic E-state index is 4.77. The normalized spacial score (nSPS) is 11.1. The van der Waals surface area contributed by atoms with Crippen molar-refractivity contribution < 1.29 is 0 Å². The highest BCUT2D eigenvalue weighted by Gasteiger charge is 2.14. The second-order valence-corrected chi connectivity index (χ2v) is 8.21. The van der Waals surface area contributed by atoms with Gasteiger partial charge in [0.25, 0.3) is 0 Å². The van der Waals surface area contributed by atoms with Gasteiger partial charge in [0.1, 0.15) is 5.01 Å². The molecule has 0 unspecified atom stereocenters. The number of tetrazole rings is 1. The van der Waals surface area contributed by atoms with Gasteiger partial charge in [-0.25, -0.2) is 4.98 Å². The lowest BCUT2D eigenvalue weighted by Gasteiger charge is -2.10. The van der Waals surface area contributed by atoms with Gasteiger partial charge in [-0.1, -0.05) is 59.8 Å². The number of aromatic nitrogens is 5. The van der Waals surface area contributed by atoms with Crippen LogP contribution in [0.3, 0.4) is 0 Å². The van der Waals surface area contributed by atoms with Crippen LogP contribution < -0.4 is 0 Å². The highest BCUT2D eigenvalue weighted by Crippen LogP contribution is 2.29. The first kappa shape index (κ1) is 17.9. The first-order valence-electron chi connectivity index (χ1n) is 8.61. The Hall–Kier alpha value is -2.51. The van der Waals surface area contributed by atoms with Crippen molar-refractivity contribution in [3.8, 4) is 16.3 Å². The minimum atomic E-state index is 0.730. The second kappa shape index (κ2) is 7.62. The molecule has 2 heterocycles. The highest BCUT2D eigenvalue weighted by molar-refractivity contribution is 7.98. The Morgan fingerprint density at radius 2 is 1.74 bits per heavy atom. The molecule has 4 rings (SSSR count). The van der Waals surface area contributed by atoms with Crippen LogP contribution >= 0.6 is 23.1 Å². The molecule has 2 aromatic heterocycles. The van der Waals surface area contributed by atoms with Crippen LogP contribution in [0.25, 0.3) is 16.3 Å². The van der Waals surface area contributed by atoms with E-state index in [0.29, 0.717) is 0 Å². The molecule has 7 heteroatoms. The van der Waals surface area contributed by atoms with Gasteiger partial charge in [-0.3, -0.25) is 0 Å². The number of thioether (sulfide) groups is 1. The molecule has 4 aromatic rings. The molecule has 0 fully saturated rings. The van der Waals surface area contributed by atoms with E-state index in [1.165, 1.54) is 5.56 Å². The number of hydrogen-bond acceptors (Lipinski definition) is 6. The van der Waals surface area contributed by atoms with Gasteiger partial charge in [-0.05, 0) is 42.3 Å². The molecule has 0 aliphatic rings. The molecule has 0 saturated heterocycles. The fourth-order valence-corrected chi connectivity index (χ4v) is 4.59. The predicted molar refractivity (Wildman–Crippen MR) is 110 cm³/mol. The van der Waals surface area contributed by atoms with Gasteiger partial charge < -0.3 is 0 Å². The fraction of sp³-hybridized carbons (Fsp3) is 0.200. The standard InChI is InChI=1S/C20H19N5S2/c1-13-7-9-16(10-8-13)19-21-17(11-26-19)12-27-20-22-23-24-25(20)18-14(2)5-4-6-15(18)3/h4-11H,12H2,1-3H3. The number of hydrogen-bond donors (Lipinski definition) is 0. The molecule has 0 aliphatic carbocycles. The molecule has 0 atom stereocenters. The lowest BCUT2D eigenvalue weighted by Crippen LogP contribution is -2.04. The zero-order valence-electron chi connectivity index (χ0n) is 15.4. The molecule has 5 nitrogen and oxygen atoms in total. The smallest absolute Gasteiger partial charge is 0.214 e. The number of benzene rings is 2. The first-order chi connectivity index (χ1) is 13.1.